The summed E-state index contributed by atoms with van der Waals surface area (Å²) in [5.74, 6) is -0.541. The monoisotopic (exact) mass is 468 g/mol. The van der Waals surface area contributed by atoms with Crippen molar-refractivity contribution in [2.45, 2.75) is 26.7 Å². The van der Waals surface area contributed by atoms with Crippen molar-refractivity contribution < 1.29 is 25.5 Å². The number of aryl methyl sites for hydroxylation is 1. The maximum Gasteiger partial charge on any atom is 0.183 e. The van der Waals surface area contributed by atoms with Crippen LogP contribution in [-0.4, -0.2) is 42.5 Å². The normalized spacial score (nSPS) is 13.3. The van der Waals surface area contributed by atoms with E-state index in [2.05, 4.69) is 0 Å². The molecule has 5 N–H and O–H groups in total. The maximum atomic E-state index is 11.0. The molecule has 0 bridgehead atoms. The van der Waals surface area contributed by atoms with Crippen molar-refractivity contribution in [2.24, 2.45) is 7.05 Å². The minimum absolute atomic E-state index is 0.0419. The number of allylic oxidation sites excluding steroid dienone is 1. The second kappa shape index (κ2) is 6.91. The van der Waals surface area contributed by atoms with Gasteiger partial charge in [-0.1, -0.05) is 18.2 Å². The van der Waals surface area contributed by atoms with Crippen LogP contribution in [0.15, 0.2) is 24.3 Å². The first kappa shape index (κ1) is 21.3. The average molecular weight is 468 g/mol. The zero-order valence-corrected chi connectivity index (χ0v) is 19.9. The highest BCUT2D eigenvalue weighted by atomic mass is 16.3. The summed E-state index contributed by atoms with van der Waals surface area (Å²) in [4.78, 5) is 0. The molecular weight excluding hydrogens is 443 g/mol. The van der Waals surface area contributed by atoms with Crippen LogP contribution in [0, 0.1) is 13.8 Å². The minimum Gasteiger partial charge on any atom is -0.508 e. The summed E-state index contributed by atoms with van der Waals surface area (Å²) in [6.07, 6.45) is 5.52. The predicted octanol–water partition coefficient (Wildman–Crippen LogP) is 3.64. The van der Waals surface area contributed by atoms with Crippen molar-refractivity contribution in [1.29, 1.82) is 0 Å². The number of phenols is 5. The molecule has 0 unspecified atom stereocenters. The molecule has 176 valence electrons. The summed E-state index contributed by atoms with van der Waals surface area (Å²) in [7, 11) is 3.71. The van der Waals surface area contributed by atoms with Gasteiger partial charge in [0.2, 0.25) is 0 Å². The molecule has 2 aromatic heterocycles. The molecule has 0 aliphatic heterocycles. The van der Waals surface area contributed by atoms with Crippen molar-refractivity contribution in [3.63, 3.8) is 0 Å². The Labute approximate surface area is 201 Å². The Bertz CT molecular complexity index is 1790. The topological polar surface area (TPSA) is 111 Å². The highest BCUT2D eigenvalue weighted by Crippen LogP contribution is 2.49. The maximum absolute atomic E-state index is 11.0. The number of hydrogen-bond donors (Lipinski definition) is 5. The van der Waals surface area contributed by atoms with Gasteiger partial charge in [0.25, 0.3) is 0 Å². The van der Waals surface area contributed by atoms with Gasteiger partial charge in [0.05, 0.1) is 16.4 Å². The minimum atomic E-state index is -0.341. The fraction of sp³-hybridized carbons (Fsp3) is 0.185. The van der Waals surface area contributed by atoms with E-state index in [4.69, 9.17) is 0 Å². The van der Waals surface area contributed by atoms with Gasteiger partial charge < -0.3 is 34.7 Å². The van der Waals surface area contributed by atoms with Crippen LogP contribution in [0.2, 0.25) is 0 Å². The van der Waals surface area contributed by atoms with Crippen molar-refractivity contribution in [3.8, 4) is 34.4 Å². The van der Waals surface area contributed by atoms with Gasteiger partial charge in [-0.3, -0.25) is 0 Å². The highest BCUT2D eigenvalue weighted by Gasteiger charge is 2.28. The number of aromatic nitrogens is 2. The van der Waals surface area contributed by atoms with Gasteiger partial charge in [-0.25, -0.2) is 0 Å². The van der Waals surface area contributed by atoms with E-state index < -0.39 is 0 Å². The highest BCUT2D eigenvalue weighted by molar-refractivity contribution is 6.44. The molecule has 0 amide bonds. The first-order valence-corrected chi connectivity index (χ1v) is 11.6. The van der Waals surface area contributed by atoms with Crippen molar-refractivity contribution >= 4 is 52.1 Å². The van der Waals surface area contributed by atoms with E-state index in [1.165, 1.54) is 0 Å². The van der Waals surface area contributed by atoms with Crippen LogP contribution in [0.1, 0.15) is 28.8 Å². The van der Waals surface area contributed by atoms with Crippen molar-refractivity contribution in [3.05, 3.63) is 46.7 Å². The molecule has 0 saturated carbocycles. The zero-order valence-electron chi connectivity index (χ0n) is 19.9. The number of nitrogens with zero attached hydrogens (tertiary/aromatic N) is 2. The molecule has 35 heavy (non-hydrogen) atoms. The number of phenolic OH excluding ortho intramolecular Hbond substituents is 5. The zero-order chi connectivity index (χ0) is 24.9. The summed E-state index contributed by atoms with van der Waals surface area (Å²) >= 11 is 0. The molecular formula is C27H25BN2O5. The Kier molecular flexibility index (Phi) is 4.22. The van der Waals surface area contributed by atoms with E-state index in [-0.39, 0.29) is 34.3 Å². The third-order valence-corrected chi connectivity index (χ3v) is 7.65. The number of fused-ring (bicyclic) bond motifs is 6. The largest absolute Gasteiger partial charge is 0.508 e. The van der Waals surface area contributed by atoms with Crippen molar-refractivity contribution in [2.75, 3.05) is 0 Å². The SMILES string of the molecule is Bc1c(O)c(C)c(O)c2c1c1ccc(-n3c4c(c5c(O)c(C)c(O)c(O)c53)C=CCC4)cc1n2C. The molecule has 1 aliphatic rings. The summed E-state index contributed by atoms with van der Waals surface area (Å²) in [6.45, 7) is 3.27. The molecule has 7 nitrogen and oxygen atoms in total. The van der Waals surface area contributed by atoms with Gasteiger partial charge in [0.15, 0.2) is 11.5 Å². The van der Waals surface area contributed by atoms with Gasteiger partial charge in [-0.2, -0.15) is 0 Å². The fourth-order valence-electron chi connectivity index (χ4n) is 5.73. The Morgan fingerprint density at radius 2 is 1.54 bits per heavy atom. The van der Waals surface area contributed by atoms with Gasteiger partial charge in [0.1, 0.15) is 30.6 Å². The standard InChI is InChI=1S/C27H25BN2O5/c1-11-23(31)19-14-6-4-5-7-16(14)30(22(19)27(35)26(11)34)13-8-9-15-17(10-13)29(3)21-18(15)20(28)24(32)12(2)25(21)33/h4,6,8-10,31-35H,5,7,28H2,1-3H3. The molecule has 5 aromatic rings. The van der Waals surface area contributed by atoms with Crippen LogP contribution in [0.4, 0.5) is 0 Å². The molecule has 0 atom stereocenters. The molecule has 0 spiro atoms. The summed E-state index contributed by atoms with van der Waals surface area (Å²) in [6, 6.07) is 5.82. The lowest BCUT2D eigenvalue weighted by Crippen LogP contribution is -2.06. The molecule has 3 aromatic carbocycles. The number of rotatable bonds is 1. The Balaban J connectivity index is 1.76. The first-order valence-electron chi connectivity index (χ1n) is 11.6. The first-order chi connectivity index (χ1) is 16.6. The number of benzene rings is 3. The molecule has 1 aliphatic carbocycles. The van der Waals surface area contributed by atoms with E-state index >= 15 is 0 Å². The summed E-state index contributed by atoms with van der Waals surface area (Å²) in [5.41, 5.74) is 5.71. The van der Waals surface area contributed by atoms with Gasteiger partial charge in [-0.05, 0) is 44.3 Å². The lowest BCUT2D eigenvalue weighted by molar-refractivity contribution is 0.397. The van der Waals surface area contributed by atoms with E-state index in [0.29, 0.717) is 33.9 Å². The van der Waals surface area contributed by atoms with Crippen molar-refractivity contribution in [1.82, 2.24) is 9.13 Å². The third kappa shape index (κ3) is 2.51. The fourth-order valence-corrected chi connectivity index (χ4v) is 5.73. The Morgan fingerprint density at radius 1 is 0.829 bits per heavy atom. The molecule has 2 heterocycles. The van der Waals surface area contributed by atoms with Crippen LogP contribution in [-0.2, 0) is 13.5 Å². The van der Waals surface area contributed by atoms with Crippen LogP contribution in [0.25, 0.3) is 44.5 Å². The summed E-state index contributed by atoms with van der Waals surface area (Å²) < 4.78 is 3.80. The molecule has 0 saturated heterocycles. The molecule has 6 rings (SSSR count). The smallest absolute Gasteiger partial charge is 0.183 e. The molecule has 0 radical (unpaired) electrons. The lowest BCUT2D eigenvalue weighted by Gasteiger charge is -2.15. The average Bonchev–Trinajstić information content (AvgIpc) is 3.36. The second-order valence-electron chi connectivity index (χ2n) is 9.46. The van der Waals surface area contributed by atoms with Crippen LogP contribution >= 0.6 is 0 Å². The predicted molar refractivity (Wildman–Crippen MR) is 141 cm³/mol. The van der Waals surface area contributed by atoms with Gasteiger partial charge in [-0.15, -0.1) is 0 Å². The third-order valence-electron chi connectivity index (χ3n) is 7.65. The van der Waals surface area contributed by atoms with Crippen LogP contribution < -0.4 is 5.46 Å². The number of aromatic hydroxyl groups is 5. The van der Waals surface area contributed by atoms with Crippen LogP contribution in [0.3, 0.4) is 0 Å². The number of hydrogen-bond acceptors (Lipinski definition) is 5. The second-order valence-corrected chi connectivity index (χ2v) is 9.46. The van der Waals surface area contributed by atoms with E-state index in [0.717, 1.165) is 39.7 Å². The van der Waals surface area contributed by atoms with E-state index in [1.54, 1.807) is 13.8 Å². The lowest BCUT2D eigenvalue weighted by atomic mass is 9.87. The quantitative estimate of drug-likeness (QED) is 0.147. The molecule has 8 heteroatoms. The van der Waals surface area contributed by atoms with E-state index in [9.17, 15) is 25.5 Å². The van der Waals surface area contributed by atoms with E-state index in [1.807, 2.05) is 54.4 Å². The molecule has 0 fully saturated rings. The van der Waals surface area contributed by atoms with Gasteiger partial charge in [0, 0.05) is 45.9 Å². The Hall–Kier alpha value is -4.20. The Morgan fingerprint density at radius 3 is 2.29 bits per heavy atom. The summed E-state index contributed by atoms with van der Waals surface area (Å²) in [5, 5.41) is 56.0. The van der Waals surface area contributed by atoms with Crippen LogP contribution in [0.5, 0.6) is 28.7 Å². The van der Waals surface area contributed by atoms with Gasteiger partial charge >= 0.3 is 0 Å².